The van der Waals surface area contributed by atoms with Gasteiger partial charge in [0.15, 0.2) is 0 Å². The highest BCUT2D eigenvalue weighted by molar-refractivity contribution is 5.88. The van der Waals surface area contributed by atoms with Crippen molar-refractivity contribution in [3.8, 4) is 5.88 Å². The summed E-state index contributed by atoms with van der Waals surface area (Å²) >= 11 is 0. The molecule has 4 heteroatoms. The summed E-state index contributed by atoms with van der Waals surface area (Å²) in [4.78, 5) is 15.5. The van der Waals surface area contributed by atoms with Crippen LogP contribution in [-0.4, -0.2) is 22.7 Å². The van der Waals surface area contributed by atoms with Crippen LogP contribution < -0.4 is 4.74 Å². The fourth-order valence-corrected chi connectivity index (χ4v) is 1.75. The average molecular weight is 265 g/mol. The van der Waals surface area contributed by atoms with Gasteiger partial charge in [0.1, 0.15) is 0 Å². The summed E-state index contributed by atoms with van der Waals surface area (Å²) in [6, 6.07) is 3.10. The molecule has 0 aliphatic rings. The van der Waals surface area contributed by atoms with Crippen LogP contribution in [0.1, 0.15) is 62.5 Å². The molecular weight excluding hydrogens is 242 g/mol. The van der Waals surface area contributed by atoms with E-state index in [1.807, 2.05) is 13.8 Å². The number of nitrogens with zero attached hydrogens (tertiary/aromatic N) is 1. The van der Waals surface area contributed by atoms with Gasteiger partial charge >= 0.3 is 5.97 Å². The van der Waals surface area contributed by atoms with Crippen LogP contribution in [0.2, 0.25) is 0 Å². The molecule has 1 aromatic heterocycles. The molecule has 4 nitrogen and oxygen atoms in total. The van der Waals surface area contributed by atoms with Crippen molar-refractivity contribution in [2.75, 3.05) is 6.61 Å². The monoisotopic (exact) mass is 265 g/mol. The lowest BCUT2D eigenvalue weighted by molar-refractivity contribution is 0.0695. The molecule has 0 aliphatic heterocycles. The van der Waals surface area contributed by atoms with E-state index in [2.05, 4.69) is 18.8 Å². The maximum Gasteiger partial charge on any atom is 0.335 e. The van der Waals surface area contributed by atoms with Gasteiger partial charge in [-0.2, -0.15) is 0 Å². The average Bonchev–Trinajstić information content (AvgIpc) is 2.39. The molecule has 0 saturated carbocycles. The second-order valence-electron chi connectivity index (χ2n) is 5.07. The first-order chi connectivity index (χ1) is 8.97. The van der Waals surface area contributed by atoms with Crippen LogP contribution in [0.5, 0.6) is 5.88 Å². The van der Waals surface area contributed by atoms with E-state index in [0.29, 0.717) is 18.4 Å². The van der Waals surface area contributed by atoms with Crippen molar-refractivity contribution in [2.45, 2.75) is 46.5 Å². The minimum absolute atomic E-state index is 0.176. The minimum Gasteiger partial charge on any atom is -0.478 e. The number of hydrogen-bond donors (Lipinski definition) is 1. The van der Waals surface area contributed by atoms with E-state index < -0.39 is 5.97 Å². The number of carboxylic acids is 1. The maximum absolute atomic E-state index is 11.1. The summed E-state index contributed by atoms with van der Waals surface area (Å²) in [5.41, 5.74) is 0.984. The lowest BCUT2D eigenvalue weighted by atomic mass is 10.1. The molecule has 19 heavy (non-hydrogen) atoms. The summed E-state index contributed by atoms with van der Waals surface area (Å²) < 4.78 is 5.66. The summed E-state index contributed by atoms with van der Waals surface area (Å²) in [6.07, 6.45) is 2.10. The largest absolute Gasteiger partial charge is 0.478 e. The zero-order chi connectivity index (χ0) is 14.4. The zero-order valence-corrected chi connectivity index (χ0v) is 12.1. The van der Waals surface area contributed by atoms with Crippen molar-refractivity contribution in [3.63, 3.8) is 0 Å². The van der Waals surface area contributed by atoms with Gasteiger partial charge in [-0.1, -0.05) is 40.5 Å². The van der Waals surface area contributed by atoms with Crippen LogP contribution >= 0.6 is 0 Å². The Morgan fingerprint density at radius 2 is 1.95 bits per heavy atom. The molecule has 0 aliphatic carbocycles. The highest BCUT2D eigenvalue weighted by Crippen LogP contribution is 2.20. The Morgan fingerprint density at radius 1 is 1.32 bits per heavy atom. The number of pyridine rings is 1. The predicted molar refractivity (Wildman–Crippen MR) is 74.9 cm³/mol. The highest BCUT2D eigenvalue weighted by atomic mass is 16.5. The van der Waals surface area contributed by atoms with Gasteiger partial charge in [-0.05, 0) is 17.9 Å². The van der Waals surface area contributed by atoms with Gasteiger partial charge in [0.25, 0.3) is 0 Å². The van der Waals surface area contributed by atoms with Gasteiger partial charge in [0, 0.05) is 11.8 Å². The van der Waals surface area contributed by atoms with Gasteiger partial charge in [-0.3, -0.25) is 0 Å². The molecule has 0 bridgehead atoms. The molecule has 1 N–H and O–H groups in total. The second kappa shape index (κ2) is 7.12. The van der Waals surface area contributed by atoms with Gasteiger partial charge in [-0.25, -0.2) is 9.78 Å². The molecule has 0 unspecified atom stereocenters. The quantitative estimate of drug-likeness (QED) is 0.816. The Balaban J connectivity index is 2.90. The molecule has 1 rings (SSSR count). The Hall–Kier alpha value is -1.58. The summed E-state index contributed by atoms with van der Waals surface area (Å²) in [7, 11) is 0. The smallest absolute Gasteiger partial charge is 0.335 e. The van der Waals surface area contributed by atoms with Crippen LogP contribution in [0.4, 0.5) is 0 Å². The van der Waals surface area contributed by atoms with Crippen molar-refractivity contribution in [2.24, 2.45) is 5.92 Å². The van der Waals surface area contributed by atoms with Crippen LogP contribution in [0.3, 0.4) is 0 Å². The normalized spacial score (nSPS) is 11.1. The number of rotatable bonds is 7. The van der Waals surface area contributed by atoms with Gasteiger partial charge in [-0.15, -0.1) is 0 Å². The Kier molecular flexibility index (Phi) is 5.80. The predicted octanol–water partition coefficient (Wildman–Crippen LogP) is 3.72. The Bertz CT molecular complexity index is 425. The van der Waals surface area contributed by atoms with Crippen molar-refractivity contribution >= 4 is 5.97 Å². The highest BCUT2D eigenvalue weighted by Gasteiger charge is 2.12. The van der Waals surface area contributed by atoms with E-state index in [4.69, 9.17) is 9.84 Å². The topological polar surface area (TPSA) is 59.4 Å². The number of aromatic nitrogens is 1. The number of hydrogen-bond acceptors (Lipinski definition) is 3. The molecule has 1 heterocycles. The fraction of sp³-hybridized carbons (Fsp3) is 0.600. The number of aromatic carboxylic acids is 1. The number of carbonyl (C=O) groups is 1. The third-order valence-electron chi connectivity index (χ3n) is 3.28. The van der Waals surface area contributed by atoms with Gasteiger partial charge in [0.05, 0.1) is 12.2 Å². The van der Waals surface area contributed by atoms with Gasteiger partial charge in [0.2, 0.25) is 5.88 Å². The third kappa shape index (κ3) is 4.54. The number of ether oxygens (including phenoxy) is 1. The van der Waals surface area contributed by atoms with E-state index in [9.17, 15) is 4.79 Å². The zero-order valence-electron chi connectivity index (χ0n) is 12.1. The summed E-state index contributed by atoms with van der Waals surface area (Å²) in [5.74, 6) is 0.125. The molecule has 106 valence electrons. The summed E-state index contributed by atoms with van der Waals surface area (Å²) in [5, 5.41) is 9.10. The molecule has 0 amide bonds. The fourth-order valence-electron chi connectivity index (χ4n) is 1.75. The van der Waals surface area contributed by atoms with E-state index in [-0.39, 0.29) is 11.5 Å². The van der Waals surface area contributed by atoms with Crippen LogP contribution in [-0.2, 0) is 0 Å². The molecular formula is C15H23NO3. The van der Waals surface area contributed by atoms with Crippen LogP contribution in [0.25, 0.3) is 0 Å². The SMILES string of the molecule is CCC(CC)COc1cc(C(=O)O)cc(C(C)C)n1. The van der Waals surface area contributed by atoms with Crippen molar-refractivity contribution in [3.05, 3.63) is 23.4 Å². The van der Waals surface area contributed by atoms with E-state index in [0.717, 1.165) is 18.5 Å². The van der Waals surface area contributed by atoms with Crippen LogP contribution in [0.15, 0.2) is 12.1 Å². The lowest BCUT2D eigenvalue weighted by Gasteiger charge is -2.15. The summed E-state index contributed by atoms with van der Waals surface area (Å²) in [6.45, 7) is 8.80. The molecule has 1 aromatic rings. The second-order valence-corrected chi connectivity index (χ2v) is 5.07. The Morgan fingerprint density at radius 3 is 2.42 bits per heavy atom. The molecule has 0 fully saturated rings. The maximum atomic E-state index is 11.1. The first-order valence-electron chi connectivity index (χ1n) is 6.85. The third-order valence-corrected chi connectivity index (χ3v) is 3.28. The van der Waals surface area contributed by atoms with E-state index >= 15 is 0 Å². The number of carboxylic acid groups (broad SMARTS) is 1. The molecule has 0 atom stereocenters. The first-order valence-corrected chi connectivity index (χ1v) is 6.85. The van der Waals surface area contributed by atoms with Crippen molar-refractivity contribution < 1.29 is 14.6 Å². The molecule has 0 aromatic carbocycles. The van der Waals surface area contributed by atoms with E-state index in [1.165, 1.54) is 6.07 Å². The standard InChI is InChI=1S/C15H23NO3/c1-5-11(6-2)9-19-14-8-12(15(17)18)7-13(16-14)10(3)4/h7-8,10-11H,5-6,9H2,1-4H3,(H,17,18). The van der Waals surface area contributed by atoms with Gasteiger partial charge < -0.3 is 9.84 Å². The van der Waals surface area contributed by atoms with E-state index in [1.54, 1.807) is 6.07 Å². The van der Waals surface area contributed by atoms with Crippen LogP contribution in [0, 0.1) is 5.92 Å². The molecule has 0 saturated heterocycles. The lowest BCUT2D eigenvalue weighted by Crippen LogP contribution is -2.12. The van der Waals surface area contributed by atoms with Crippen molar-refractivity contribution in [1.82, 2.24) is 4.98 Å². The van der Waals surface area contributed by atoms with Crippen molar-refractivity contribution in [1.29, 1.82) is 0 Å². The minimum atomic E-state index is -0.948. The Labute approximate surface area is 114 Å². The molecule has 0 radical (unpaired) electrons. The first kappa shape index (κ1) is 15.5. The molecule has 0 spiro atoms.